The second kappa shape index (κ2) is 17.0. The summed E-state index contributed by atoms with van der Waals surface area (Å²) in [6.07, 6.45) is 11.8. The van der Waals surface area contributed by atoms with Crippen LogP contribution in [0.25, 0.3) is 33.2 Å². The third kappa shape index (κ3) is 8.38. The molecule has 0 radical (unpaired) electrons. The van der Waals surface area contributed by atoms with Crippen LogP contribution >= 0.6 is 0 Å². The SMILES string of the molecule is CC(C)[C@H](NC(=O)NC1CCCC1)C(=O)N1CCCC1c1nc2ccc(-c3ccc4nc([C@H]5CCCN5C(=O)[C@@H](NC(=O)NC5CCCC5)C(C)C)[nH]c4c3)cc2[nH]1. The van der Waals surface area contributed by atoms with Gasteiger partial charge in [0.25, 0.3) is 0 Å². The van der Waals surface area contributed by atoms with Gasteiger partial charge < -0.3 is 41.0 Å². The van der Waals surface area contributed by atoms with Crippen LogP contribution in [0, 0.1) is 11.8 Å². The van der Waals surface area contributed by atoms with E-state index < -0.39 is 12.1 Å². The number of carbonyl (C=O) groups is 4. The maximum atomic E-state index is 14.0. The minimum Gasteiger partial charge on any atom is -0.340 e. The maximum Gasteiger partial charge on any atom is 0.315 e. The fourth-order valence-electron chi connectivity index (χ4n) is 9.62. The molecule has 14 heteroatoms. The molecule has 6 amide bonds. The van der Waals surface area contributed by atoms with Gasteiger partial charge in [0, 0.05) is 25.2 Å². The Labute approximate surface area is 340 Å². The fourth-order valence-corrected chi connectivity index (χ4v) is 9.62. The lowest BCUT2D eigenvalue weighted by molar-refractivity contribution is -0.136. The number of nitrogens with zero attached hydrogens (tertiary/aromatic N) is 4. The Kier molecular flexibility index (Phi) is 11.6. The van der Waals surface area contributed by atoms with Crippen LogP contribution in [0.2, 0.25) is 0 Å². The molecular formula is C44H60N10O4. The Morgan fingerprint density at radius 2 is 0.983 bits per heavy atom. The van der Waals surface area contributed by atoms with Crippen LogP contribution in [0.5, 0.6) is 0 Å². The fraction of sp³-hybridized carbons (Fsp3) is 0.591. The molecule has 4 atom stereocenters. The molecule has 4 aliphatic rings. The normalized spacial score (nSPS) is 21.4. The Balaban J connectivity index is 0.958. The van der Waals surface area contributed by atoms with Gasteiger partial charge >= 0.3 is 12.1 Å². The average Bonchev–Trinajstić information content (AvgIpc) is 4.05. The van der Waals surface area contributed by atoms with E-state index in [4.69, 9.17) is 9.97 Å². The largest absolute Gasteiger partial charge is 0.340 e. The number of aromatic amines is 2. The number of nitrogens with one attached hydrogen (secondary N) is 6. The van der Waals surface area contributed by atoms with Gasteiger partial charge in [-0.1, -0.05) is 65.5 Å². The lowest BCUT2D eigenvalue weighted by atomic mass is 10.0. The summed E-state index contributed by atoms with van der Waals surface area (Å²) in [4.78, 5) is 74.5. The summed E-state index contributed by atoms with van der Waals surface area (Å²) in [7, 11) is 0. The van der Waals surface area contributed by atoms with Crippen molar-refractivity contribution in [2.24, 2.45) is 11.8 Å². The summed E-state index contributed by atoms with van der Waals surface area (Å²) < 4.78 is 0. The summed E-state index contributed by atoms with van der Waals surface area (Å²) in [6, 6.07) is 10.5. The highest BCUT2D eigenvalue weighted by atomic mass is 16.2. The molecule has 4 heterocycles. The number of rotatable bonds is 11. The molecule has 1 unspecified atom stereocenters. The highest BCUT2D eigenvalue weighted by molar-refractivity contribution is 5.90. The van der Waals surface area contributed by atoms with Crippen molar-refractivity contribution in [2.45, 2.75) is 141 Å². The topological polar surface area (TPSA) is 180 Å². The molecule has 2 aliphatic carbocycles. The molecule has 310 valence electrons. The Morgan fingerprint density at radius 3 is 1.36 bits per heavy atom. The van der Waals surface area contributed by atoms with Crippen LogP contribution in [-0.4, -0.2) is 90.9 Å². The number of imidazole rings is 2. The maximum absolute atomic E-state index is 14.0. The van der Waals surface area contributed by atoms with Crippen LogP contribution in [0.3, 0.4) is 0 Å². The molecule has 0 spiro atoms. The van der Waals surface area contributed by atoms with Crippen LogP contribution < -0.4 is 21.3 Å². The van der Waals surface area contributed by atoms with Gasteiger partial charge in [-0.05, 0) is 98.6 Å². The molecule has 14 nitrogen and oxygen atoms in total. The molecule has 58 heavy (non-hydrogen) atoms. The number of amides is 6. The minimum absolute atomic E-state index is 0.0656. The number of fused-ring (bicyclic) bond motifs is 2. The van der Waals surface area contributed by atoms with E-state index >= 15 is 0 Å². The van der Waals surface area contributed by atoms with Crippen molar-refractivity contribution in [3.63, 3.8) is 0 Å². The molecular weight excluding hydrogens is 733 g/mol. The van der Waals surface area contributed by atoms with Crippen molar-refractivity contribution in [2.75, 3.05) is 13.1 Å². The second-order valence-corrected chi connectivity index (χ2v) is 17.7. The molecule has 4 aromatic rings. The van der Waals surface area contributed by atoms with Crippen molar-refractivity contribution >= 4 is 45.9 Å². The number of hydrogen-bond donors (Lipinski definition) is 6. The summed E-state index contributed by atoms with van der Waals surface area (Å²) in [5.41, 5.74) is 5.45. The van der Waals surface area contributed by atoms with Crippen LogP contribution in [0.4, 0.5) is 9.59 Å². The van der Waals surface area contributed by atoms with Crippen molar-refractivity contribution in [1.29, 1.82) is 0 Å². The van der Waals surface area contributed by atoms with Crippen molar-refractivity contribution in [3.8, 4) is 11.1 Å². The second-order valence-electron chi connectivity index (χ2n) is 17.7. The third-order valence-corrected chi connectivity index (χ3v) is 12.9. The number of hydrogen-bond acceptors (Lipinski definition) is 6. The zero-order chi connectivity index (χ0) is 40.5. The summed E-state index contributed by atoms with van der Waals surface area (Å²) in [6.45, 7) is 9.12. The highest BCUT2D eigenvalue weighted by Crippen LogP contribution is 2.36. The number of carbonyl (C=O) groups excluding carboxylic acids is 4. The third-order valence-electron chi connectivity index (χ3n) is 12.9. The first-order valence-corrected chi connectivity index (χ1v) is 21.8. The van der Waals surface area contributed by atoms with Gasteiger partial charge in [0.05, 0.1) is 34.2 Å². The highest BCUT2D eigenvalue weighted by Gasteiger charge is 2.39. The molecule has 2 aromatic carbocycles. The van der Waals surface area contributed by atoms with E-state index in [2.05, 4.69) is 55.5 Å². The first kappa shape index (κ1) is 39.7. The number of likely N-dealkylation sites (tertiary alicyclic amines) is 2. The molecule has 2 aromatic heterocycles. The van der Waals surface area contributed by atoms with Gasteiger partial charge in [0.2, 0.25) is 11.8 Å². The van der Waals surface area contributed by atoms with E-state index in [9.17, 15) is 19.2 Å². The number of benzene rings is 2. The summed E-state index contributed by atoms with van der Waals surface area (Å²) >= 11 is 0. The van der Waals surface area contributed by atoms with Crippen LogP contribution in [-0.2, 0) is 9.59 Å². The van der Waals surface area contributed by atoms with Gasteiger partial charge in [0.15, 0.2) is 0 Å². The Morgan fingerprint density at radius 1 is 0.586 bits per heavy atom. The van der Waals surface area contributed by atoms with Gasteiger partial charge in [-0.25, -0.2) is 19.6 Å². The zero-order valence-corrected chi connectivity index (χ0v) is 34.4. The van der Waals surface area contributed by atoms with Crippen molar-refractivity contribution in [3.05, 3.63) is 48.0 Å². The quantitative estimate of drug-likeness (QED) is 0.0955. The van der Waals surface area contributed by atoms with E-state index in [0.29, 0.717) is 13.1 Å². The predicted octanol–water partition coefficient (Wildman–Crippen LogP) is 6.97. The first-order chi connectivity index (χ1) is 28.0. The zero-order valence-electron chi connectivity index (χ0n) is 34.4. The van der Waals surface area contributed by atoms with Gasteiger partial charge in [-0.15, -0.1) is 0 Å². The van der Waals surface area contributed by atoms with E-state index in [1.165, 1.54) is 0 Å². The van der Waals surface area contributed by atoms with E-state index in [1.807, 2.05) is 49.6 Å². The Bertz CT molecular complexity index is 1980. The molecule has 0 bridgehead atoms. The van der Waals surface area contributed by atoms with E-state index in [1.54, 1.807) is 0 Å². The monoisotopic (exact) mass is 792 g/mol. The molecule has 2 saturated carbocycles. The molecule has 4 fully saturated rings. The number of aromatic nitrogens is 4. The lowest BCUT2D eigenvalue weighted by Crippen LogP contribution is -2.54. The lowest BCUT2D eigenvalue weighted by Gasteiger charge is -2.30. The molecule has 2 saturated heterocycles. The molecule has 2 aliphatic heterocycles. The van der Waals surface area contributed by atoms with Gasteiger partial charge in [-0.2, -0.15) is 0 Å². The molecule has 8 rings (SSSR count). The van der Waals surface area contributed by atoms with E-state index in [0.717, 1.165) is 122 Å². The summed E-state index contributed by atoms with van der Waals surface area (Å²) in [5.74, 6) is 1.23. The van der Waals surface area contributed by atoms with Crippen LogP contribution in [0.15, 0.2) is 36.4 Å². The van der Waals surface area contributed by atoms with E-state index in [-0.39, 0.29) is 59.9 Å². The number of urea groups is 2. The minimum atomic E-state index is -0.624. The first-order valence-electron chi connectivity index (χ1n) is 21.8. The van der Waals surface area contributed by atoms with Gasteiger partial charge in [0.1, 0.15) is 23.7 Å². The van der Waals surface area contributed by atoms with Crippen LogP contribution in [0.1, 0.15) is 128 Å². The smallest absolute Gasteiger partial charge is 0.315 e. The van der Waals surface area contributed by atoms with Crippen molar-refractivity contribution in [1.82, 2.24) is 51.0 Å². The average molecular weight is 793 g/mol. The Hall–Kier alpha value is -5.14. The number of H-pyrrole nitrogens is 2. The molecule has 6 N–H and O–H groups in total. The standard InChI is InChI=1S/C44H60N10O4/c1-25(2)37(51-43(57)45-29-11-5-6-12-29)41(55)53-21-9-15-35(53)39-47-31-19-17-27(23-33(31)49-39)28-18-20-32-34(24-28)50-40(48-32)36-16-10-22-54(36)42(56)38(26(3)4)52-44(58)46-30-13-7-8-14-30/h17-20,23-26,29-30,35-38H,5-16,21-22H2,1-4H3,(H,47,49)(H,48,50)(H2,45,51,57)(H2,46,52,58)/t35-,36?,37+,38+/m1/s1. The predicted molar refractivity (Wildman–Crippen MR) is 224 cm³/mol. The van der Waals surface area contributed by atoms with Crippen molar-refractivity contribution < 1.29 is 19.2 Å². The van der Waals surface area contributed by atoms with Gasteiger partial charge in [-0.3, -0.25) is 9.59 Å². The summed E-state index contributed by atoms with van der Waals surface area (Å²) in [5, 5.41) is 12.1.